The Morgan fingerprint density at radius 2 is 1.92 bits per heavy atom. The summed E-state index contributed by atoms with van der Waals surface area (Å²) in [5.74, 6) is -1.06. The molecule has 3 heterocycles. The van der Waals surface area contributed by atoms with Crippen molar-refractivity contribution in [1.29, 1.82) is 0 Å². The lowest BCUT2D eigenvalue weighted by molar-refractivity contribution is 0.0998. The van der Waals surface area contributed by atoms with Gasteiger partial charge in [-0.15, -0.1) is 0 Å². The van der Waals surface area contributed by atoms with Gasteiger partial charge in [0.25, 0.3) is 5.91 Å². The van der Waals surface area contributed by atoms with Gasteiger partial charge in [0, 0.05) is 60.4 Å². The molecule has 1 fully saturated rings. The zero-order valence-corrected chi connectivity index (χ0v) is 22.5. The number of carbonyl (C=O) groups excluding carboxylic acids is 1. The second kappa shape index (κ2) is 12.0. The Morgan fingerprint density at radius 1 is 1.22 bits per heavy atom. The predicted molar refractivity (Wildman–Crippen MR) is 146 cm³/mol. The quantitative estimate of drug-likeness (QED) is 0.376. The number of nitrogens with zero attached hydrogens (tertiary/aromatic N) is 4. The van der Waals surface area contributed by atoms with E-state index in [1.165, 1.54) is 5.56 Å². The molecule has 0 aliphatic carbocycles. The number of aromatic nitrogens is 2. The van der Waals surface area contributed by atoms with Gasteiger partial charge in [-0.2, -0.15) is 4.39 Å². The van der Waals surface area contributed by atoms with Gasteiger partial charge in [-0.05, 0) is 87.9 Å². The number of piperidine rings is 1. The van der Waals surface area contributed by atoms with Crippen molar-refractivity contribution in [2.45, 2.75) is 65.1 Å². The highest BCUT2D eigenvalue weighted by Gasteiger charge is 2.28. The van der Waals surface area contributed by atoms with Gasteiger partial charge in [0.05, 0.1) is 11.3 Å². The molecule has 0 spiro atoms. The summed E-state index contributed by atoms with van der Waals surface area (Å²) >= 11 is 6.16. The molecule has 0 saturated carbocycles. The van der Waals surface area contributed by atoms with Crippen molar-refractivity contribution in [2.75, 3.05) is 18.0 Å². The zero-order valence-electron chi connectivity index (χ0n) is 21.8. The van der Waals surface area contributed by atoms with Crippen molar-refractivity contribution >= 4 is 23.2 Å². The number of carbonyl (C=O) groups is 1. The van der Waals surface area contributed by atoms with Crippen molar-refractivity contribution < 1.29 is 9.18 Å². The fourth-order valence-corrected chi connectivity index (χ4v) is 5.55. The Labute approximate surface area is 223 Å². The summed E-state index contributed by atoms with van der Waals surface area (Å²) in [5.41, 5.74) is 9.63. The molecule has 2 aromatic heterocycles. The summed E-state index contributed by atoms with van der Waals surface area (Å²) in [5, 5.41) is 0.729. The van der Waals surface area contributed by atoms with Crippen LogP contribution < -0.4 is 10.6 Å². The molecule has 6 nitrogen and oxygen atoms in total. The van der Waals surface area contributed by atoms with Crippen molar-refractivity contribution in [1.82, 2.24) is 14.9 Å². The Hall–Kier alpha value is -3.03. The summed E-state index contributed by atoms with van der Waals surface area (Å²) in [6, 6.07) is 12.8. The van der Waals surface area contributed by atoms with Gasteiger partial charge in [0.2, 0.25) is 5.95 Å². The van der Waals surface area contributed by atoms with E-state index >= 15 is 0 Å². The highest BCUT2D eigenvalue weighted by atomic mass is 35.5. The lowest BCUT2D eigenvalue weighted by atomic mass is 9.95. The first-order valence-corrected chi connectivity index (χ1v) is 13.2. The lowest BCUT2D eigenvalue weighted by Gasteiger charge is -2.42. The number of anilines is 1. The predicted octanol–water partition coefficient (Wildman–Crippen LogP) is 5.48. The Kier molecular flexibility index (Phi) is 8.77. The van der Waals surface area contributed by atoms with Gasteiger partial charge in [0.15, 0.2) is 0 Å². The largest absolute Gasteiger partial charge is 0.366 e. The summed E-state index contributed by atoms with van der Waals surface area (Å²) in [6.07, 6.45) is 7.07. The van der Waals surface area contributed by atoms with E-state index in [0.717, 1.165) is 49.6 Å². The van der Waals surface area contributed by atoms with E-state index in [1.54, 1.807) is 20.0 Å². The average molecular weight is 524 g/mol. The van der Waals surface area contributed by atoms with Gasteiger partial charge >= 0.3 is 0 Å². The van der Waals surface area contributed by atoms with Crippen LogP contribution in [0.3, 0.4) is 0 Å². The number of halogens is 2. The summed E-state index contributed by atoms with van der Waals surface area (Å²) < 4.78 is 14.7. The SMILES string of the molecule is Cc1nc(F)c(CC[C@@H](C)N2CCC(N(Cc3cccnc3)c3ccc(Cl)cc3)CC2)c(C)c1C(N)=O. The minimum atomic E-state index is -0.560. The molecule has 1 aliphatic rings. The highest BCUT2D eigenvalue weighted by Crippen LogP contribution is 2.29. The number of amides is 1. The first-order chi connectivity index (χ1) is 17.7. The molecule has 1 saturated heterocycles. The van der Waals surface area contributed by atoms with Crippen molar-refractivity contribution in [3.8, 4) is 0 Å². The normalized spacial score (nSPS) is 15.5. The van der Waals surface area contributed by atoms with Crippen LogP contribution in [-0.4, -0.2) is 45.9 Å². The van der Waals surface area contributed by atoms with Gasteiger partial charge in [-0.25, -0.2) is 4.98 Å². The van der Waals surface area contributed by atoms with E-state index in [4.69, 9.17) is 17.3 Å². The fourth-order valence-electron chi connectivity index (χ4n) is 5.43. The smallest absolute Gasteiger partial charge is 0.250 e. The molecule has 1 amide bonds. The first-order valence-electron chi connectivity index (χ1n) is 12.8. The van der Waals surface area contributed by atoms with Crippen LogP contribution in [-0.2, 0) is 13.0 Å². The molecule has 4 rings (SSSR count). The molecule has 196 valence electrons. The molecule has 8 heteroatoms. The highest BCUT2D eigenvalue weighted by molar-refractivity contribution is 6.30. The van der Waals surface area contributed by atoms with E-state index in [1.807, 2.05) is 24.4 Å². The van der Waals surface area contributed by atoms with Crippen LogP contribution in [0.2, 0.25) is 5.02 Å². The molecule has 3 aromatic rings. The fraction of sp³-hybridized carbons (Fsp3) is 0.414. The van der Waals surface area contributed by atoms with Crippen LogP contribution >= 0.6 is 11.6 Å². The van der Waals surface area contributed by atoms with Gasteiger partial charge in [-0.3, -0.25) is 9.78 Å². The third kappa shape index (κ3) is 6.46. The summed E-state index contributed by atoms with van der Waals surface area (Å²) in [4.78, 5) is 25.0. The van der Waals surface area contributed by atoms with E-state index in [9.17, 15) is 9.18 Å². The molecule has 0 bridgehead atoms. The molecule has 0 unspecified atom stereocenters. The minimum Gasteiger partial charge on any atom is -0.366 e. The Bertz CT molecular complexity index is 1210. The van der Waals surface area contributed by atoms with E-state index < -0.39 is 11.9 Å². The topological polar surface area (TPSA) is 75.3 Å². The maximum absolute atomic E-state index is 14.7. The number of nitrogens with two attached hydrogens (primary N) is 1. The molecule has 0 radical (unpaired) electrons. The van der Waals surface area contributed by atoms with Crippen LogP contribution in [0, 0.1) is 19.8 Å². The summed E-state index contributed by atoms with van der Waals surface area (Å²) in [7, 11) is 0. The second-order valence-electron chi connectivity index (χ2n) is 9.95. The molecular formula is C29H35ClFN5O. The molecule has 2 N–H and O–H groups in total. The van der Waals surface area contributed by atoms with E-state index in [0.29, 0.717) is 34.8 Å². The lowest BCUT2D eigenvalue weighted by Crippen LogP contribution is -2.47. The average Bonchev–Trinajstić information content (AvgIpc) is 2.88. The number of hydrogen-bond donors (Lipinski definition) is 1. The van der Waals surface area contributed by atoms with Crippen LogP contribution in [0.5, 0.6) is 0 Å². The van der Waals surface area contributed by atoms with Crippen LogP contribution in [0.25, 0.3) is 0 Å². The Balaban J connectivity index is 1.40. The maximum atomic E-state index is 14.7. The monoisotopic (exact) mass is 523 g/mol. The number of aryl methyl sites for hydroxylation is 1. The number of benzene rings is 1. The molecule has 1 atom stereocenters. The van der Waals surface area contributed by atoms with Gasteiger partial charge in [-0.1, -0.05) is 17.7 Å². The van der Waals surface area contributed by atoms with Crippen molar-refractivity contribution in [2.24, 2.45) is 5.73 Å². The number of likely N-dealkylation sites (tertiary alicyclic amines) is 1. The third-order valence-corrected chi connectivity index (χ3v) is 7.81. The minimum absolute atomic E-state index is 0.278. The number of primary amides is 1. The number of rotatable bonds is 9. The molecule has 1 aliphatic heterocycles. The second-order valence-corrected chi connectivity index (χ2v) is 10.4. The zero-order chi connectivity index (χ0) is 26.5. The summed E-state index contributed by atoms with van der Waals surface area (Å²) in [6.45, 7) is 8.28. The third-order valence-electron chi connectivity index (χ3n) is 7.56. The van der Waals surface area contributed by atoms with Crippen LogP contribution in [0.4, 0.5) is 10.1 Å². The number of hydrogen-bond acceptors (Lipinski definition) is 5. The van der Waals surface area contributed by atoms with Crippen molar-refractivity contribution in [3.05, 3.63) is 87.7 Å². The molecule has 37 heavy (non-hydrogen) atoms. The molecular weight excluding hydrogens is 489 g/mol. The number of pyridine rings is 2. The van der Waals surface area contributed by atoms with Crippen LogP contribution in [0.15, 0.2) is 48.8 Å². The molecule has 1 aromatic carbocycles. The maximum Gasteiger partial charge on any atom is 0.250 e. The van der Waals surface area contributed by atoms with Crippen LogP contribution in [0.1, 0.15) is 58.9 Å². The first kappa shape index (κ1) is 27.0. The van der Waals surface area contributed by atoms with Crippen molar-refractivity contribution in [3.63, 3.8) is 0 Å². The Morgan fingerprint density at radius 3 is 2.54 bits per heavy atom. The van der Waals surface area contributed by atoms with E-state index in [2.05, 4.69) is 44.9 Å². The van der Waals surface area contributed by atoms with E-state index in [-0.39, 0.29) is 6.04 Å². The van der Waals surface area contributed by atoms with Gasteiger partial charge < -0.3 is 15.5 Å². The standard InChI is InChI=1S/C29H35ClFN5O/c1-19(6-11-26-20(2)27(29(32)37)21(3)34-28(26)31)35-15-12-25(13-16-35)36(18-22-5-4-14-33-17-22)24-9-7-23(30)8-10-24/h4-5,7-10,14,17,19,25H,6,11-13,15-16,18H2,1-3H3,(H2,32,37)/t19-/m1/s1. The van der Waals surface area contributed by atoms with Gasteiger partial charge in [0.1, 0.15) is 0 Å².